The smallest absolute Gasteiger partial charge is 0.264 e. The van der Waals surface area contributed by atoms with Crippen molar-refractivity contribution >= 4 is 33.2 Å². The molecule has 0 aliphatic rings. The van der Waals surface area contributed by atoms with Crippen LogP contribution in [0.5, 0.6) is 5.75 Å². The fourth-order valence-electron chi connectivity index (χ4n) is 3.06. The van der Waals surface area contributed by atoms with Crippen LogP contribution in [-0.2, 0) is 14.8 Å². The molecular formula is C24H25ClN2O4S. The van der Waals surface area contributed by atoms with Crippen LogP contribution in [0.2, 0.25) is 5.02 Å². The monoisotopic (exact) mass is 472 g/mol. The number of rotatable bonds is 9. The topological polar surface area (TPSA) is 75.7 Å². The molecule has 0 aromatic heterocycles. The molecule has 0 aliphatic heterocycles. The van der Waals surface area contributed by atoms with E-state index in [1.165, 1.54) is 24.3 Å². The fraction of sp³-hybridized carbons (Fsp3) is 0.208. The van der Waals surface area contributed by atoms with Gasteiger partial charge in [0.1, 0.15) is 18.9 Å². The van der Waals surface area contributed by atoms with Gasteiger partial charge in [0.05, 0.1) is 17.1 Å². The van der Waals surface area contributed by atoms with Crippen molar-refractivity contribution in [1.82, 2.24) is 5.32 Å². The van der Waals surface area contributed by atoms with Crippen molar-refractivity contribution in [2.75, 3.05) is 24.0 Å². The Morgan fingerprint density at radius 2 is 1.66 bits per heavy atom. The normalized spacial score (nSPS) is 11.1. The minimum atomic E-state index is -3.97. The number of amides is 1. The first-order chi connectivity index (χ1) is 15.3. The summed E-state index contributed by atoms with van der Waals surface area (Å²) in [4.78, 5) is 12.6. The summed E-state index contributed by atoms with van der Waals surface area (Å²) < 4.78 is 33.3. The number of carbonyl (C=O) groups is 1. The van der Waals surface area contributed by atoms with Crippen molar-refractivity contribution in [3.8, 4) is 5.75 Å². The number of nitrogens with zero attached hydrogens (tertiary/aromatic N) is 1. The Hall–Kier alpha value is -3.03. The number of carbonyl (C=O) groups excluding carboxylic acids is 1. The van der Waals surface area contributed by atoms with E-state index in [4.69, 9.17) is 16.3 Å². The SMILES string of the molecule is Cc1cccc(OCCNC(=O)CN(c2ccccc2)S(=O)(=O)c2ccc(Cl)cc2)c1C. The van der Waals surface area contributed by atoms with Gasteiger partial charge < -0.3 is 10.1 Å². The van der Waals surface area contributed by atoms with E-state index in [9.17, 15) is 13.2 Å². The van der Waals surface area contributed by atoms with Crippen LogP contribution >= 0.6 is 11.6 Å². The lowest BCUT2D eigenvalue weighted by molar-refractivity contribution is -0.119. The largest absolute Gasteiger partial charge is 0.491 e. The molecule has 0 unspecified atom stereocenters. The van der Waals surface area contributed by atoms with Gasteiger partial charge in [-0.25, -0.2) is 8.42 Å². The molecule has 0 saturated carbocycles. The summed E-state index contributed by atoms with van der Waals surface area (Å²) in [5, 5.41) is 3.16. The number of sulfonamides is 1. The maximum absolute atomic E-state index is 13.2. The molecule has 0 atom stereocenters. The first kappa shape index (κ1) is 23.6. The van der Waals surface area contributed by atoms with Gasteiger partial charge in [-0.05, 0) is 67.4 Å². The van der Waals surface area contributed by atoms with Crippen molar-refractivity contribution in [1.29, 1.82) is 0 Å². The molecule has 1 amide bonds. The van der Waals surface area contributed by atoms with E-state index in [2.05, 4.69) is 5.32 Å². The molecule has 32 heavy (non-hydrogen) atoms. The molecule has 6 nitrogen and oxygen atoms in total. The van der Waals surface area contributed by atoms with Crippen LogP contribution in [0, 0.1) is 13.8 Å². The molecule has 0 saturated heterocycles. The zero-order chi connectivity index (χ0) is 23.1. The molecule has 3 aromatic carbocycles. The molecule has 0 aliphatic carbocycles. The third kappa shape index (κ3) is 5.81. The number of ether oxygens (including phenoxy) is 1. The average molecular weight is 473 g/mol. The van der Waals surface area contributed by atoms with Crippen molar-refractivity contribution < 1.29 is 17.9 Å². The van der Waals surface area contributed by atoms with E-state index >= 15 is 0 Å². The van der Waals surface area contributed by atoms with Crippen LogP contribution in [-0.4, -0.2) is 34.0 Å². The second-order valence-corrected chi connectivity index (χ2v) is 9.50. The third-order valence-corrected chi connectivity index (χ3v) is 7.01. The molecule has 3 rings (SSSR count). The highest BCUT2D eigenvalue weighted by Gasteiger charge is 2.27. The third-order valence-electron chi connectivity index (χ3n) is 4.97. The number of para-hydroxylation sites is 1. The maximum atomic E-state index is 13.2. The number of halogens is 1. The molecule has 0 bridgehead atoms. The maximum Gasteiger partial charge on any atom is 0.264 e. The minimum Gasteiger partial charge on any atom is -0.491 e. The van der Waals surface area contributed by atoms with Crippen LogP contribution < -0.4 is 14.4 Å². The zero-order valence-electron chi connectivity index (χ0n) is 17.9. The standard InChI is InChI=1S/C24H25ClN2O4S/c1-18-7-6-10-23(19(18)2)31-16-15-26-24(28)17-27(21-8-4-3-5-9-21)32(29,30)22-13-11-20(25)12-14-22/h3-14H,15-17H2,1-2H3,(H,26,28). The zero-order valence-corrected chi connectivity index (χ0v) is 19.5. The highest BCUT2D eigenvalue weighted by Crippen LogP contribution is 2.24. The second-order valence-electron chi connectivity index (χ2n) is 7.20. The summed E-state index contributed by atoms with van der Waals surface area (Å²) in [6.45, 7) is 4.13. The Labute approximate surface area is 193 Å². The van der Waals surface area contributed by atoms with Crippen LogP contribution in [0.4, 0.5) is 5.69 Å². The molecule has 0 radical (unpaired) electrons. The lowest BCUT2D eigenvalue weighted by Crippen LogP contribution is -2.41. The molecule has 0 heterocycles. The van der Waals surface area contributed by atoms with Gasteiger partial charge in [0, 0.05) is 5.02 Å². The Bertz CT molecular complexity index is 1170. The summed E-state index contributed by atoms with van der Waals surface area (Å²) in [7, 11) is -3.97. The predicted octanol–water partition coefficient (Wildman–Crippen LogP) is 4.35. The summed E-state index contributed by atoms with van der Waals surface area (Å²) in [5.74, 6) is 0.325. The quantitative estimate of drug-likeness (QED) is 0.470. The summed E-state index contributed by atoms with van der Waals surface area (Å²) in [6.07, 6.45) is 0. The fourth-order valence-corrected chi connectivity index (χ4v) is 4.61. The summed E-state index contributed by atoms with van der Waals surface area (Å²) in [5.41, 5.74) is 2.56. The van der Waals surface area contributed by atoms with Gasteiger partial charge in [-0.2, -0.15) is 0 Å². The average Bonchev–Trinajstić information content (AvgIpc) is 2.78. The van der Waals surface area contributed by atoms with E-state index in [0.717, 1.165) is 21.2 Å². The predicted molar refractivity (Wildman–Crippen MR) is 127 cm³/mol. The van der Waals surface area contributed by atoms with Gasteiger partial charge in [0.25, 0.3) is 10.0 Å². The number of hydrogen-bond acceptors (Lipinski definition) is 4. The van der Waals surface area contributed by atoms with Gasteiger partial charge in [-0.15, -0.1) is 0 Å². The van der Waals surface area contributed by atoms with E-state index in [1.54, 1.807) is 30.3 Å². The van der Waals surface area contributed by atoms with Gasteiger partial charge in [-0.3, -0.25) is 9.10 Å². The summed E-state index contributed by atoms with van der Waals surface area (Å²) >= 11 is 5.89. The molecular weight excluding hydrogens is 448 g/mol. The highest BCUT2D eigenvalue weighted by atomic mass is 35.5. The van der Waals surface area contributed by atoms with Gasteiger partial charge in [0.2, 0.25) is 5.91 Å². The van der Waals surface area contributed by atoms with Crippen molar-refractivity contribution in [2.24, 2.45) is 0 Å². The first-order valence-electron chi connectivity index (χ1n) is 10.1. The van der Waals surface area contributed by atoms with E-state index < -0.39 is 15.9 Å². The summed E-state index contributed by atoms with van der Waals surface area (Å²) in [6, 6.07) is 20.1. The van der Waals surface area contributed by atoms with E-state index in [-0.39, 0.29) is 24.6 Å². The van der Waals surface area contributed by atoms with E-state index in [0.29, 0.717) is 10.7 Å². The molecule has 8 heteroatoms. The molecule has 0 fully saturated rings. The number of hydrogen-bond donors (Lipinski definition) is 1. The molecule has 168 valence electrons. The van der Waals surface area contributed by atoms with Crippen molar-refractivity contribution in [3.63, 3.8) is 0 Å². The number of nitrogens with one attached hydrogen (secondary N) is 1. The van der Waals surface area contributed by atoms with Gasteiger partial charge in [-0.1, -0.05) is 41.9 Å². The highest BCUT2D eigenvalue weighted by molar-refractivity contribution is 7.92. The first-order valence-corrected chi connectivity index (χ1v) is 11.9. The van der Waals surface area contributed by atoms with Gasteiger partial charge >= 0.3 is 0 Å². The molecule has 0 spiro atoms. The Morgan fingerprint density at radius 3 is 2.34 bits per heavy atom. The minimum absolute atomic E-state index is 0.0526. The van der Waals surface area contributed by atoms with E-state index in [1.807, 2.05) is 32.0 Å². The second kappa shape index (κ2) is 10.5. The lowest BCUT2D eigenvalue weighted by atomic mass is 10.1. The molecule has 1 N–H and O–H groups in total. The number of aryl methyl sites for hydroxylation is 1. The van der Waals surface area contributed by atoms with Crippen LogP contribution in [0.15, 0.2) is 77.7 Å². The number of anilines is 1. The van der Waals surface area contributed by atoms with Crippen LogP contribution in [0.3, 0.4) is 0 Å². The van der Waals surface area contributed by atoms with Crippen LogP contribution in [0.25, 0.3) is 0 Å². The Morgan fingerprint density at radius 1 is 0.969 bits per heavy atom. The lowest BCUT2D eigenvalue weighted by Gasteiger charge is -2.24. The Kier molecular flexibility index (Phi) is 7.77. The van der Waals surface area contributed by atoms with Crippen molar-refractivity contribution in [2.45, 2.75) is 18.7 Å². The number of benzene rings is 3. The van der Waals surface area contributed by atoms with Crippen molar-refractivity contribution in [3.05, 3.63) is 88.9 Å². The van der Waals surface area contributed by atoms with Gasteiger partial charge in [0.15, 0.2) is 0 Å². The molecule has 3 aromatic rings. The Balaban J connectivity index is 1.68. The van der Waals surface area contributed by atoms with Crippen LogP contribution in [0.1, 0.15) is 11.1 Å².